The predicted octanol–water partition coefficient (Wildman–Crippen LogP) is 2.95. The number of carbonyl (C=O) groups is 1. The maximum absolute atomic E-state index is 13.9. The van der Waals surface area contributed by atoms with E-state index in [0.29, 0.717) is 37.3 Å². The Labute approximate surface area is 128 Å². The smallest absolute Gasteiger partial charge is 0.410 e. The van der Waals surface area contributed by atoms with Gasteiger partial charge >= 0.3 is 6.09 Å². The van der Waals surface area contributed by atoms with Crippen molar-refractivity contribution in [2.75, 3.05) is 24.5 Å². The molecule has 1 unspecified atom stereocenters. The lowest BCUT2D eigenvalue weighted by Gasteiger charge is -2.39. The molecule has 1 aromatic rings. The number of amides is 1. The van der Waals surface area contributed by atoms with Crippen LogP contribution in [0.5, 0.6) is 0 Å². The van der Waals surface area contributed by atoms with Crippen molar-refractivity contribution in [3.8, 4) is 0 Å². The molecule has 0 radical (unpaired) electrons. The van der Waals surface area contributed by atoms with Gasteiger partial charge in [-0.1, -0.05) is 0 Å². The monoisotopic (exact) mass is 310 g/mol. The van der Waals surface area contributed by atoms with E-state index in [9.17, 15) is 13.6 Å². The average Bonchev–Trinajstić information content (AvgIpc) is 2.75. The number of ether oxygens (including phenoxy) is 1. The minimum Gasteiger partial charge on any atom is -0.444 e. The molecule has 1 amide bonds. The summed E-state index contributed by atoms with van der Waals surface area (Å²) in [6.07, 6.45) is 0.135. The fourth-order valence-corrected chi connectivity index (χ4v) is 3.12. The largest absolute Gasteiger partial charge is 0.444 e. The number of halogens is 2. The van der Waals surface area contributed by atoms with Crippen molar-refractivity contribution >= 4 is 11.8 Å². The number of rotatable bonds is 0. The van der Waals surface area contributed by atoms with E-state index in [-0.39, 0.29) is 12.1 Å². The van der Waals surface area contributed by atoms with E-state index < -0.39 is 17.2 Å². The number of benzene rings is 1. The van der Waals surface area contributed by atoms with Gasteiger partial charge in [0, 0.05) is 37.0 Å². The number of carbonyl (C=O) groups excluding carboxylic acids is 1. The average molecular weight is 310 g/mol. The highest BCUT2D eigenvalue weighted by molar-refractivity contribution is 5.70. The summed E-state index contributed by atoms with van der Waals surface area (Å²) in [6.45, 7) is 6.98. The Morgan fingerprint density at radius 2 is 2.00 bits per heavy atom. The van der Waals surface area contributed by atoms with E-state index in [0.717, 1.165) is 6.07 Å². The van der Waals surface area contributed by atoms with Gasteiger partial charge in [0.2, 0.25) is 0 Å². The number of nitrogens with zero attached hydrogens (tertiary/aromatic N) is 2. The van der Waals surface area contributed by atoms with Gasteiger partial charge in [0.15, 0.2) is 0 Å². The van der Waals surface area contributed by atoms with Crippen molar-refractivity contribution in [1.82, 2.24) is 4.90 Å². The molecule has 1 aromatic carbocycles. The minimum atomic E-state index is -0.563. The fourth-order valence-electron chi connectivity index (χ4n) is 3.12. The molecular formula is C16H20F2N2O2. The van der Waals surface area contributed by atoms with E-state index in [2.05, 4.69) is 0 Å². The molecule has 2 aliphatic heterocycles. The molecule has 1 saturated heterocycles. The first-order valence-electron chi connectivity index (χ1n) is 7.47. The molecule has 1 fully saturated rings. The van der Waals surface area contributed by atoms with E-state index in [4.69, 9.17) is 4.74 Å². The van der Waals surface area contributed by atoms with E-state index in [1.165, 1.54) is 6.07 Å². The molecule has 0 N–H and O–H groups in total. The Morgan fingerprint density at radius 3 is 2.68 bits per heavy atom. The van der Waals surface area contributed by atoms with Crippen LogP contribution in [0.4, 0.5) is 19.3 Å². The minimum absolute atomic E-state index is 0.0208. The van der Waals surface area contributed by atoms with Gasteiger partial charge in [-0.3, -0.25) is 0 Å². The molecule has 3 rings (SSSR count). The lowest BCUT2D eigenvalue weighted by Crippen LogP contribution is -2.54. The molecule has 4 nitrogen and oxygen atoms in total. The van der Waals surface area contributed by atoms with Crippen LogP contribution in [0.15, 0.2) is 12.1 Å². The van der Waals surface area contributed by atoms with Crippen LogP contribution >= 0.6 is 0 Å². The van der Waals surface area contributed by atoms with Crippen LogP contribution in [0.3, 0.4) is 0 Å². The van der Waals surface area contributed by atoms with E-state index in [1.807, 2.05) is 25.7 Å². The third kappa shape index (κ3) is 2.74. The van der Waals surface area contributed by atoms with Gasteiger partial charge in [0.1, 0.15) is 17.2 Å². The third-order valence-corrected chi connectivity index (χ3v) is 4.02. The first kappa shape index (κ1) is 15.1. The molecule has 2 heterocycles. The topological polar surface area (TPSA) is 32.8 Å². The lowest BCUT2D eigenvalue weighted by molar-refractivity contribution is 0.0217. The molecule has 1 atom stereocenters. The summed E-state index contributed by atoms with van der Waals surface area (Å²) in [6, 6.07) is 2.28. The van der Waals surface area contributed by atoms with Gasteiger partial charge < -0.3 is 14.5 Å². The fraction of sp³-hybridized carbons (Fsp3) is 0.562. The van der Waals surface area contributed by atoms with Crippen LogP contribution in [0.1, 0.15) is 26.3 Å². The Hall–Kier alpha value is -1.85. The van der Waals surface area contributed by atoms with Crippen molar-refractivity contribution in [3.63, 3.8) is 0 Å². The van der Waals surface area contributed by atoms with Crippen molar-refractivity contribution in [2.45, 2.75) is 38.8 Å². The molecule has 0 aliphatic carbocycles. The summed E-state index contributed by atoms with van der Waals surface area (Å²) in [5, 5.41) is 0. The zero-order valence-corrected chi connectivity index (χ0v) is 13.0. The molecule has 120 valence electrons. The van der Waals surface area contributed by atoms with Crippen molar-refractivity contribution in [1.29, 1.82) is 0 Å². The van der Waals surface area contributed by atoms with Crippen LogP contribution in [-0.2, 0) is 11.2 Å². The second-order valence-electron chi connectivity index (χ2n) is 6.86. The normalized spacial score (nSPS) is 20.7. The highest BCUT2D eigenvalue weighted by Gasteiger charge is 2.38. The Kier molecular flexibility index (Phi) is 3.50. The zero-order valence-electron chi connectivity index (χ0n) is 13.0. The quantitative estimate of drug-likeness (QED) is 0.738. The molecule has 0 saturated carbocycles. The second kappa shape index (κ2) is 5.11. The molecule has 0 spiro atoms. The summed E-state index contributed by atoms with van der Waals surface area (Å²) in [5.74, 6) is -1.07. The van der Waals surface area contributed by atoms with E-state index >= 15 is 0 Å². The number of hydrogen-bond donors (Lipinski definition) is 0. The van der Waals surface area contributed by atoms with Crippen LogP contribution in [0, 0.1) is 11.6 Å². The molecular weight excluding hydrogens is 290 g/mol. The van der Waals surface area contributed by atoms with Crippen molar-refractivity contribution in [2.24, 2.45) is 0 Å². The predicted molar refractivity (Wildman–Crippen MR) is 79.0 cm³/mol. The first-order chi connectivity index (χ1) is 10.2. The SMILES string of the molecule is CC(C)(C)OC(=O)N1CCN2c3cc(F)cc(F)c3CC2C1. The summed E-state index contributed by atoms with van der Waals surface area (Å²) in [7, 11) is 0. The summed E-state index contributed by atoms with van der Waals surface area (Å²) in [5.41, 5.74) is 0.617. The zero-order chi connectivity index (χ0) is 16.1. The van der Waals surface area contributed by atoms with Gasteiger partial charge in [-0.25, -0.2) is 13.6 Å². The molecule has 0 bridgehead atoms. The Bertz CT molecular complexity index is 613. The van der Waals surface area contributed by atoms with Crippen LogP contribution in [0.2, 0.25) is 0 Å². The van der Waals surface area contributed by atoms with Crippen LogP contribution in [0.25, 0.3) is 0 Å². The molecule has 0 aromatic heterocycles. The molecule has 2 aliphatic rings. The number of piperazine rings is 1. The third-order valence-electron chi connectivity index (χ3n) is 4.02. The summed E-state index contributed by atoms with van der Waals surface area (Å²) in [4.78, 5) is 15.8. The number of anilines is 1. The standard InChI is InChI=1S/C16H20F2N2O2/c1-16(2,3)22-15(21)19-4-5-20-11(9-19)8-12-13(18)6-10(17)7-14(12)20/h6-7,11H,4-5,8-9H2,1-3H3. The molecule has 22 heavy (non-hydrogen) atoms. The Morgan fingerprint density at radius 1 is 1.27 bits per heavy atom. The number of hydrogen-bond acceptors (Lipinski definition) is 3. The highest BCUT2D eigenvalue weighted by Crippen LogP contribution is 2.36. The van der Waals surface area contributed by atoms with Crippen molar-refractivity contribution in [3.05, 3.63) is 29.3 Å². The van der Waals surface area contributed by atoms with E-state index in [1.54, 1.807) is 4.90 Å². The van der Waals surface area contributed by atoms with Gasteiger partial charge in [-0.15, -0.1) is 0 Å². The lowest BCUT2D eigenvalue weighted by atomic mass is 10.1. The maximum atomic E-state index is 13.9. The first-order valence-corrected chi connectivity index (χ1v) is 7.47. The van der Waals surface area contributed by atoms with Gasteiger partial charge in [-0.2, -0.15) is 0 Å². The summed E-state index contributed by atoms with van der Waals surface area (Å²) < 4.78 is 32.7. The van der Waals surface area contributed by atoms with Gasteiger partial charge in [0.25, 0.3) is 0 Å². The Balaban J connectivity index is 1.75. The second-order valence-corrected chi connectivity index (χ2v) is 6.86. The van der Waals surface area contributed by atoms with Gasteiger partial charge in [0.05, 0.1) is 6.04 Å². The highest BCUT2D eigenvalue weighted by atomic mass is 19.1. The molecule has 6 heteroatoms. The van der Waals surface area contributed by atoms with Gasteiger partial charge in [-0.05, 0) is 33.3 Å². The summed E-state index contributed by atoms with van der Waals surface area (Å²) >= 11 is 0. The van der Waals surface area contributed by atoms with Crippen LogP contribution in [-0.4, -0.2) is 42.3 Å². The maximum Gasteiger partial charge on any atom is 0.410 e. The van der Waals surface area contributed by atoms with Crippen molar-refractivity contribution < 1.29 is 18.3 Å². The number of fused-ring (bicyclic) bond motifs is 3. The van der Waals surface area contributed by atoms with Crippen LogP contribution < -0.4 is 4.90 Å².